The molecule has 0 aromatic rings. The van der Waals surface area contributed by atoms with E-state index in [1.165, 1.54) is 0 Å². The smallest absolute Gasteiger partial charge is 0.185 e. The molecule has 0 rings (SSSR count). The Bertz CT molecular complexity index is 236. The highest BCUT2D eigenvalue weighted by molar-refractivity contribution is 5.85. The van der Waals surface area contributed by atoms with Gasteiger partial charge in [0.2, 0.25) is 0 Å². The van der Waals surface area contributed by atoms with Crippen LogP contribution in [0.15, 0.2) is 4.99 Å². The zero-order valence-corrected chi connectivity index (χ0v) is 10.3. The minimum absolute atomic E-state index is 0.0584. The summed E-state index contributed by atoms with van der Waals surface area (Å²) in [7, 11) is 0. The summed E-state index contributed by atoms with van der Waals surface area (Å²) in [5.74, 6) is 0.286. The van der Waals surface area contributed by atoms with Gasteiger partial charge < -0.3 is 17.2 Å². The fourth-order valence-electron chi connectivity index (χ4n) is 1.60. The van der Waals surface area contributed by atoms with Gasteiger partial charge in [0.25, 0.3) is 0 Å². The van der Waals surface area contributed by atoms with E-state index in [9.17, 15) is 4.79 Å². The van der Waals surface area contributed by atoms with E-state index in [-0.39, 0.29) is 23.7 Å². The lowest BCUT2D eigenvalue weighted by atomic mass is 9.94. The minimum Gasteiger partial charge on any atom is -0.370 e. The molecule has 5 nitrogen and oxygen atoms in total. The van der Waals surface area contributed by atoms with E-state index in [0.29, 0.717) is 13.0 Å². The van der Waals surface area contributed by atoms with Gasteiger partial charge in [0.05, 0.1) is 6.04 Å². The van der Waals surface area contributed by atoms with Gasteiger partial charge >= 0.3 is 0 Å². The first-order valence-electron chi connectivity index (χ1n) is 5.83. The second-order valence-corrected chi connectivity index (χ2v) is 4.15. The van der Waals surface area contributed by atoms with Crippen molar-refractivity contribution in [2.24, 2.45) is 28.1 Å². The first-order chi connectivity index (χ1) is 7.49. The average molecular weight is 228 g/mol. The number of Topliss-reactive ketones (excluding diaryl/α,β-unsaturated/α-hetero) is 1. The second-order valence-electron chi connectivity index (χ2n) is 4.15. The summed E-state index contributed by atoms with van der Waals surface area (Å²) in [6.07, 6.45) is 3.29. The topological polar surface area (TPSA) is 107 Å². The van der Waals surface area contributed by atoms with Gasteiger partial charge in [-0.25, -0.2) is 0 Å². The van der Waals surface area contributed by atoms with E-state index < -0.39 is 0 Å². The normalized spacial score (nSPS) is 14.2. The maximum atomic E-state index is 11.8. The van der Waals surface area contributed by atoms with Crippen molar-refractivity contribution in [2.75, 3.05) is 6.54 Å². The van der Waals surface area contributed by atoms with E-state index >= 15 is 0 Å². The zero-order chi connectivity index (χ0) is 12.6. The van der Waals surface area contributed by atoms with Gasteiger partial charge in [-0.1, -0.05) is 20.3 Å². The predicted molar refractivity (Wildman–Crippen MR) is 67.0 cm³/mol. The second kappa shape index (κ2) is 8.10. The number of nitrogens with zero attached hydrogens (tertiary/aromatic N) is 1. The van der Waals surface area contributed by atoms with Gasteiger partial charge in [-0.05, 0) is 19.3 Å². The Hall–Kier alpha value is -1.10. The van der Waals surface area contributed by atoms with E-state index in [1.54, 1.807) is 0 Å². The monoisotopic (exact) mass is 228 g/mol. The Morgan fingerprint density at radius 2 is 1.94 bits per heavy atom. The van der Waals surface area contributed by atoms with E-state index in [2.05, 4.69) is 11.9 Å². The molecule has 0 aliphatic rings. The number of carbonyl (C=O) groups is 1. The van der Waals surface area contributed by atoms with Crippen LogP contribution in [0.4, 0.5) is 0 Å². The molecule has 1 unspecified atom stereocenters. The van der Waals surface area contributed by atoms with Crippen LogP contribution in [-0.4, -0.2) is 24.3 Å². The van der Waals surface area contributed by atoms with Crippen LogP contribution in [0.1, 0.15) is 39.5 Å². The molecule has 0 amide bonds. The SMILES string of the molecule is CCCC(C)C(=O)[C@@H](N)CCCN=C(N)N. The zero-order valence-electron chi connectivity index (χ0n) is 10.3. The van der Waals surface area contributed by atoms with E-state index in [1.807, 2.05) is 6.92 Å². The van der Waals surface area contributed by atoms with Gasteiger partial charge in [0, 0.05) is 12.5 Å². The number of hydrogen-bond donors (Lipinski definition) is 3. The quantitative estimate of drug-likeness (QED) is 0.317. The standard InChI is InChI=1S/C11H24N4O/c1-3-5-8(2)10(16)9(12)6-4-7-15-11(13)14/h8-9H,3-7,12H2,1-2H3,(H4,13,14,15)/t8?,9-/m0/s1. The van der Waals surface area contributed by atoms with Gasteiger partial charge in [-0.3, -0.25) is 9.79 Å². The Morgan fingerprint density at radius 3 is 2.44 bits per heavy atom. The van der Waals surface area contributed by atoms with Crippen LogP contribution in [-0.2, 0) is 4.79 Å². The van der Waals surface area contributed by atoms with Crippen LogP contribution in [0.25, 0.3) is 0 Å². The summed E-state index contributed by atoms with van der Waals surface area (Å²) >= 11 is 0. The van der Waals surface area contributed by atoms with E-state index in [4.69, 9.17) is 17.2 Å². The van der Waals surface area contributed by atoms with Crippen LogP contribution in [0.5, 0.6) is 0 Å². The van der Waals surface area contributed by atoms with Crippen LogP contribution >= 0.6 is 0 Å². The molecule has 0 aliphatic heterocycles. The number of nitrogens with two attached hydrogens (primary N) is 3. The number of carbonyl (C=O) groups excluding carboxylic acids is 1. The Balaban J connectivity index is 3.83. The third kappa shape index (κ3) is 6.40. The highest BCUT2D eigenvalue weighted by Gasteiger charge is 2.18. The van der Waals surface area contributed by atoms with Gasteiger partial charge in [0.1, 0.15) is 0 Å². The number of hydrogen-bond acceptors (Lipinski definition) is 3. The Kier molecular flexibility index (Phi) is 7.54. The average Bonchev–Trinajstić information content (AvgIpc) is 2.23. The summed E-state index contributed by atoms with van der Waals surface area (Å²) in [6.45, 7) is 4.53. The molecule has 16 heavy (non-hydrogen) atoms. The van der Waals surface area contributed by atoms with Gasteiger partial charge in [0.15, 0.2) is 11.7 Å². The van der Waals surface area contributed by atoms with E-state index in [0.717, 1.165) is 19.3 Å². The summed E-state index contributed by atoms with van der Waals surface area (Å²) in [5.41, 5.74) is 16.2. The number of aliphatic imine (C=N–C) groups is 1. The highest BCUT2D eigenvalue weighted by atomic mass is 16.1. The van der Waals surface area contributed by atoms with Crippen molar-refractivity contribution in [1.82, 2.24) is 0 Å². The first-order valence-corrected chi connectivity index (χ1v) is 5.83. The summed E-state index contributed by atoms with van der Waals surface area (Å²) in [5, 5.41) is 0. The fourth-order valence-corrected chi connectivity index (χ4v) is 1.60. The molecular formula is C11H24N4O. The van der Waals surface area contributed by atoms with Crippen molar-refractivity contribution >= 4 is 11.7 Å². The number of guanidine groups is 1. The highest BCUT2D eigenvalue weighted by Crippen LogP contribution is 2.10. The van der Waals surface area contributed by atoms with Crippen molar-refractivity contribution in [3.63, 3.8) is 0 Å². The lowest BCUT2D eigenvalue weighted by molar-refractivity contribution is -0.124. The molecule has 0 aromatic carbocycles. The molecule has 0 radical (unpaired) electrons. The Labute approximate surface area is 97.5 Å². The Morgan fingerprint density at radius 1 is 1.31 bits per heavy atom. The van der Waals surface area contributed by atoms with Crippen LogP contribution in [0.2, 0.25) is 0 Å². The maximum Gasteiger partial charge on any atom is 0.185 e. The molecule has 5 heteroatoms. The minimum atomic E-state index is -0.379. The van der Waals surface area contributed by atoms with Crippen molar-refractivity contribution in [3.8, 4) is 0 Å². The largest absolute Gasteiger partial charge is 0.370 e. The van der Waals surface area contributed by atoms with Crippen molar-refractivity contribution in [2.45, 2.75) is 45.6 Å². The summed E-state index contributed by atoms with van der Waals surface area (Å²) in [4.78, 5) is 15.6. The predicted octanol–water partition coefficient (Wildman–Crippen LogP) is 0.373. The molecule has 0 heterocycles. The molecule has 94 valence electrons. The van der Waals surface area contributed by atoms with Crippen LogP contribution in [0.3, 0.4) is 0 Å². The molecule has 0 fully saturated rings. The van der Waals surface area contributed by atoms with Crippen LogP contribution in [0, 0.1) is 5.92 Å². The van der Waals surface area contributed by atoms with Crippen molar-refractivity contribution in [1.29, 1.82) is 0 Å². The third-order valence-corrected chi connectivity index (χ3v) is 2.54. The van der Waals surface area contributed by atoms with Gasteiger partial charge in [-0.2, -0.15) is 0 Å². The number of rotatable bonds is 8. The summed E-state index contributed by atoms with van der Waals surface area (Å²) < 4.78 is 0. The first kappa shape index (κ1) is 14.9. The molecule has 6 N–H and O–H groups in total. The molecule has 0 aromatic heterocycles. The van der Waals surface area contributed by atoms with Gasteiger partial charge in [-0.15, -0.1) is 0 Å². The van der Waals surface area contributed by atoms with Crippen molar-refractivity contribution in [3.05, 3.63) is 0 Å². The molecule has 0 spiro atoms. The molecule has 0 saturated heterocycles. The molecule has 0 bridgehead atoms. The molecular weight excluding hydrogens is 204 g/mol. The lowest BCUT2D eigenvalue weighted by Crippen LogP contribution is -2.34. The third-order valence-electron chi connectivity index (χ3n) is 2.54. The lowest BCUT2D eigenvalue weighted by Gasteiger charge is -2.15. The molecule has 2 atom stereocenters. The summed E-state index contributed by atoms with van der Waals surface area (Å²) in [6, 6.07) is -0.379. The molecule has 0 saturated carbocycles. The van der Waals surface area contributed by atoms with Crippen LogP contribution < -0.4 is 17.2 Å². The van der Waals surface area contributed by atoms with Crippen molar-refractivity contribution < 1.29 is 4.79 Å². The number of ketones is 1. The maximum absolute atomic E-state index is 11.8. The molecule has 0 aliphatic carbocycles. The fraction of sp³-hybridized carbons (Fsp3) is 0.818.